The number of nitrogens with one attached hydrogen (secondary N) is 2. The molecule has 2 N–H and O–H groups in total. The lowest BCUT2D eigenvalue weighted by molar-refractivity contribution is 0.249. The monoisotopic (exact) mass is 292 g/mol. The quantitative estimate of drug-likeness (QED) is 0.907. The summed E-state index contributed by atoms with van der Waals surface area (Å²) in [5.41, 5.74) is 1.48. The topological polar surface area (TPSA) is 59.0 Å². The number of urea groups is 1. The SMILES string of the molecule is CCn1ccc(C(C)NC(=O)Nc2cccc(Cl)c2)n1. The number of benzene rings is 1. The van der Waals surface area contributed by atoms with Crippen LogP contribution in [-0.4, -0.2) is 15.8 Å². The minimum Gasteiger partial charge on any atom is -0.330 e. The molecule has 106 valence electrons. The Labute approximate surface area is 122 Å². The molecule has 1 aromatic carbocycles. The van der Waals surface area contributed by atoms with Crippen LogP contribution in [0.15, 0.2) is 36.5 Å². The van der Waals surface area contributed by atoms with Crippen molar-refractivity contribution in [3.8, 4) is 0 Å². The summed E-state index contributed by atoms with van der Waals surface area (Å²) in [5, 5.41) is 10.5. The molecule has 2 amide bonds. The van der Waals surface area contributed by atoms with Crippen LogP contribution in [0.3, 0.4) is 0 Å². The molecule has 0 spiro atoms. The maximum atomic E-state index is 11.9. The Kier molecular flexibility index (Phi) is 4.63. The molecule has 1 atom stereocenters. The summed E-state index contributed by atoms with van der Waals surface area (Å²) in [5.74, 6) is 0. The summed E-state index contributed by atoms with van der Waals surface area (Å²) in [6, 6.07) is 8.45. The Morgan fingerprint density at radius 3 is 2.90 bits per heavy atom. The van der Waals surface area contributed by atoms with E-state index < -0.39 is 0 Å². The summed E-state index contributed by atoms with van der Waals surface area (Å²) < 4.78 is 1.82. The van der Waals surface area contributed by atoms with Crippen molar-refractivity contribution in [3.63, 3.8) is 0 Å². The zero-order valence-electron chi connectivity index (χ0n) is 11.4. The van der Waals surface area contributed by atoms with Crippen molar-refractivity contribution >= 4 is 23.3 Å². The van der Waals surface area contributed by atoms with Crippen LogP contribution in [0.1, 0.15) is 25.6 Å². The molecule has 0 aliphatic heterocycles. The maximum absolute atomic E-state index is 11.9. The molecule has 6 heteroatoms. The second-order valence-corrected chi connectivity index (χ2v) is 4.86. The average molecular weight is 293 g/mol. The van der Waals surface area contributed by atoms with E-state index in [2.05, 4.69) is 15.7 Å². The van der Waals surface area contributed by atoms with Gasteiger partial charge in [0, 0.05) is 23.5 Å². The van der Waals surface area contributed by atoms with Crippen molar-refractivity contribution in [2.45, 2.75) is 26.4 Å². The first kappa shape index (κ1) is 14.4. The van der Waals surface area contributed by atoms with Gasteiger partial charge >= 0.3 is 6.03 Å². The van der Waals surface area contributed by atoms with Gasteiger partial charge in [0.2, 0.25) is 0 Å². The lowest BCUT2D eigenvalue weighted by Gasteiger charge is -2.12. The first-order chi connectivity index (χ1) is 9.58. The van der Waals surface area contributed by atoms with Crippen LogP contribution in [0.4, 0.5) is 10.5 Å². The van der Waals surface area contributed by atoms with Gasteiger partial charge in [-0.3, -0.25) is 4.68 Å². The number of rotatable bonds is 4. The number of anilines is 1. The fraction of sp³-hybridized carbons (Fsp3) is 0.286. The van der Waals surface area contributed by atoms with Gasteiger partial charge in [-0.25, -0.2) is 4.79 Å². The Balaban J connectivity index is 1.94. The number of carbonyl (C=O) groups is 1. The van der Waals surface area contributed by atoms with Gasteiger partial charge in [0.1, 0.15) is 0 Å². The highest BCUT2D eigenvalue weighted by Gasteiger charge is 2.12. The molecule has 0 radical (unpaired) electrons. The van der Waals surface area contributed by atoms with Crippen LogP contribution in [0, 0.1) is 0 Å². The zero-order valence-corrected chi connectivity index (χ0v) is 12.2. The fourth-order valence-corrected chi connectivity index (χ4v) is 1.98. The minimum absolute atomic E-state index is 0.165. The van der Waals surface area contributed by atoms with Gasteiger partial charge in [-0.1, -0.05) is 17.7 Å². The molecule has 1 aromatic heterocycles. The van der Waals surface area contributed by atoms with Crippen LogP contribution < -0.4 is 10.6 Å². The zero-order chi connectivity index (χ0) is 14.5. The third kappa shape index (κ3) is 3.74. The van der Waals surface area contributed by atoms with E-state index in [1.54, 1.807) is 24.3 Å². The largest absolute Gasteiger partial charge is 0.330 e. The molecule has 0 fully saturated rings. The smallest absolute Gasteiger partial charge is 0.319 e. The number of aryl methyl sites for hydroxylation is 1. The summed E-state index contributed by atoms with van der Waals surface area (Å²) >= 11 is 5.86. The van der Waals surface area contributed by atoms with E-state index in [0.29, 0.717) is 10.7 Å². The van der Waals surface area contributed by atoms with Crippen molar-refractivity contribution in [3.05, 3.63) is 47.2 Å². The van der Waals surface area contributed by atoms with Gasteiger partial charge in [0.25, 0.3) is 0 Å². The number of hydrogen-bond acceptors (Lipinski definition) is 2. The molecule has 0 aliphatic carbocycles. The van der Waals surface area contributed by atoms with Crippen LogP contribution in [0.25, 0.3) is 0 Å². The molecule has 0 aliphatic rings. The normalized spacial score (nSPS) is 11.9. The Hall–Kier alpha value is -2.01. The maximum Gasteiger partial charge on any atom is 0.319 e. The fourth-order valence-electron chi connectivity index (χ4n) is 1.79. The molecule has 1 unspecified atom stereocenters. The van der Waals surface area contributed by atoms with Crippen LogP contribution in [-0.2, 0) is 6.54 Å². The standard InChI is InChI=1S/C14H17ClN4O/c1-3-19-8-7-13(18-19)10(2)16-14(20)17-12-6-4-5-11(15)9-12/h4-10H,3H2,1-2H3,(H2,16,17,20). The van der Waals surface area contributed by atoms with E-state index in [-0.39, 0.29) is 12.1 Å². The number of aromatic nitrogens is 2. The minimum atomic E-state index is -0.286. The Bertz CT molecular complexity index is 596. The van der Waals surface area contributed by atoms with Crippen molar-refractivity contribution < 1.29 is 4.79 Å². The van der Waals surface area contributed by atoms with Crippen molar-refractivity contribution in [1.29, 1.82) is 0 Å². The highest BCUT2D eigenvalue weighted by Crippen LogP contribution is 2.15. The molecule has 0 bridgehead atoms. The van der Waals surface area contributed by atoms with Crippen molar-refractivity contribution in [2.75, 3.05) is 5.32 Å². The van der Waals surface area contributed by atoms with E-state index in [9.17, 15) is 4.79 Å². The first-order valence-corrected chi connectivity index (χ1v) is 6.82. The second kappa shape index (κ2) is 6.43. The highest BCUT2D eigenvalue weighted by molar-refractivity contribution is 6.30. The molecule has 0 saturated carbocycles. The van der Waals surface area contributed by atoms with Gasteiger partial charge in [0.05, 0.1) is 11.7 Å². The molecule has 2 aromatic rings. The van der Waals surface area contributed by atoms with E-state index in [1.807, 2.05) is 30.8 Å². The number of hydrogen-bond donors (Lipinski definition) is 2. The van der Waals surface area contributed by atoms with Gasteiger partial charge in [-0.15, -0.1) is 0 Å². The van der Waals surface area contributed by atoms with Crippen LogP contribution in [0.5, 0.6) is 0 Å². The highest BCUT2D eigenvalue weighted by atomic mass is 35.5. The van der Waals surface area contributed by atoms with Gasteiger partial charge < -0.3 is 10.6 Å². The summed E-state index contributed by atoms with van der Waals surface area (Å²) in [4.78, 5) is 11.9. The third-order valence-corrected chi connectivity index (χ3v) is 3.09. The third-order valence-electron chi connectivity index (χ3n) is 2.86. The van der Waals surface area contributed by atoms with Crippen LogP contribution >= 0.6 is 11.6 Å². The predicted molar refractivity (Wildman–Crippen MR) is 79.9 cm³/mol. The van der Waals surface area contributed by atoms with Gasteiger partial charge in [-0.2, -0.15) is 5.10 Å². The summed E-state index contributed by atoms with van der Waals surface area (Å²) in [7, 11) is 0. The van der Waals surface area contributed by atoms with E-state index >= 15 is 0 Å². The average Bonchev–Trinajstić information content (AvgIpc) is 2.87. The van der Waals surface area contributed by atoms with Crippen LogP contribution in [0.2, 0.25) is 5.02 Å². The van der Waals surface area contributed by atoms with Gasteiger partial charge in [-0.05, 0) is 38.1 Å². The lowest BCUT2D eigenvalue weighted by atomic mass is 10.2. The number of nitrogens with zero attached hydrogens (tertiary/aromatic N) is 2. The summed E-state index contributed by atoms with van der Waals surface area (Å²) in [6.07, 6.45) is 1.89. The van der Waals surface area contributed by atoms with Crippen molar-refractivity contribution in [2.24, 2.45) is 0 Å². The predicted octanol–water partition coefficient (Wildman–Crippen LogP) is 3.44. The van der Waals surface area contributed by atoms with Gasteiger partial charge in [0.15, 0.2) is 0 Å². The molecule has 1 heterocycles. The molecular weight excluding hydrogens is 276 g/mol. The van der Waals surface area contributed by atoms with E-state index in [0.717, 1.165) is 12.2 Å². The first-order valence-electron chi connectivity index (χ1n) is 6.45. The van der Waals surface area contributed by atoms with Crippen molar-refractivity contribution in [1.82, 2.24) is 15.1 Å². The lowest BCUT2D eigenvalue weighted by Crippen LogP contribution is -2.31. The molecule has 2 rings (SSSR count). The number of carbonyl (C=O) groups excluding carboxylic acids is 1. The van der Waals surface area contributed by atoms with E-state index in [4.69, 9.17) is 11.6 Å². The Morgan fingerprint density at radius 1 is 1.45 bits per heavy atom. The second-order valence-electron chi connectivity index (χ2n) is 4.43. The number of amides is 2. The Morgan fingerprint density at radius 2 is 2.25 bits per heavy atom. The number of halogens is 1. The van der Waals surface area contributed by atoms with E-state index in [1.165, 1.54) is 0 Å². The molecule has 0 saturated heterocycles. The molecule has 5 nitrogen and oxygen atoms in total. The molecular formula is C14H17ClN4O. The molecule has 20 heavy (non-hydrogen) atoms. The summed E-state index contributed by atoms with van der Waals surface area (Å²) in [6.45, 7) is 4.71.